The lowest BCUT2D eigenvalue weighted by Gasteiger charge is -2.18. The number of nitrogens with zero attached hydrogens (tertiary/aromatic N) is 1. The maximum absolute atomic E-state index is 12.9. The summed E-state index contributed by atoms with van der Waals surface area (Å²) in [6.07, 6.45) is 0.826. The van der Waals surface area contributed by atoms with Crippen LogP contribution in [0.3, 0.4) is 0 Å². The van der Waals surface area contributed by atoms with Crippen LogP contribution in [0.2, 0.25) is 0 Å². The van der Waals surface area contributed by atoms with Crippen LogP contribution in [0.15, 0.2) is 66.7 Å². The third kappa shape index (κ3) is 4.06. The van der Waals surface area contributed by atoms with Gasteiger partial charge < -0.3 is 10.2 Å². The predicted octanol–water partition coefficient (Wildman–Crippen LogP) is 4.44. The van der Waals surface area contributed by atoms with Gasteiger partial charge in [0.2, 0.25) is 0 Å². The highest BCUT2D eigenvalue weighted by Gasteiger charge is 2.25. The van der Waals surface area contributed by atoms with E-state index >= 15 is 0 Å². The van der Waals surface area contributed by atoms with Gasteiger partial charge in [-0.15, -0.1) is 0 Å². The highest BCUT2D eigenvalue weighted by molar-refractivity contribution is 6.07. The zero-order valence-corrected chi connectivity index (χ0v) is 16.7. The van der Waals surface area contributed by atoms with E-state index in [1.807, 2.05) is 79.4 Å². The van der Waals surface area contributed by atoms with E-state index in [1.165, 1.54) is 0 Å². The van der Waals surface area contributed by atoms with Gasteiger partial charge in [0.25, 0.3) is 11.8 Å². The number of aryl methyl sites for hydroxylation is 2. The summed E-state index contributed by atoms with van der Waals surface area (Å²) in [5, 5.41) is 2.98. The lowest BCUT2D eigenvalue weighted by molar-refractivity contribution is 0.0949. The van der Waals surface area contributed by atoms with E-state index in [9.17, 15) is 9.59 Å². The average molecular weight is 384 g/mol. The minimum Gasteiger partial charge on any atom is -0.348 e. The molecule has 4 rings (SSSR count). The summed E-state index contributed by atoms with van der Waals surface area (Å²) in [5.74, 6) is -0.0466. The summed E-state index contributed by atoms with van der Waals surface area (Å²) in [6.45, 7) is 5.13. The maximum Gasteiger partial charge on any atom is 0.258 e. The maximum atomic E-state index is 12.9. The van der Waals surface area contributed by atoms with Crippen molar-refractivity contribution in [3.8, 4) is 0 Å². The number of nitrogens with one attached hydrogen (secondary N) is 1. The Morgan fingerprint density at radius 3 is 2.45 bits per heavy atom. The Hall–Kier alpha value is -3.40. The number of hydrogen-bond acceptors (Lipinski definition) is 2. The first-order valence-electron chi connectivity index (χ1n) is 9.86. The molecule has 146 valence electrons. The van der Waals surface area contributed by atoms with Gasteiger partial charge >= 0.3 is 0 Å². The molecule has 0 spiro atoms. The van der Waals surface area contributed by atoms with Crippen LogP contribution >= 0.6 is 0 Å². The van der Waals surface area contributed by atoms with Gasteiger partial charge in [-0.25, -0.2) is 0 Å². The van der Waals surface area contributed by atoms with Crippen molar-refractivity contribution in [1.29, 1.82) is 0 Å². The third-order valence-electron chi connectivity index (χ3n) is 5.32. The summed E-state index contributed by atoms with van der Waals surface area (Å²) >= 11 is 0. The molecule has 1 aliphatic rings. The monoisotopic (exact) mass is 384 g/mol. The van der Waals surface area contributed by atoms with Crippen LogP contribution in [-0.4, -0.2) is 18.4 Å². The van der Waals surface area contributed by atoms with Gasteiger partial charge in [-0.05, 0) is 61.7 Å². The molecule has 0 atom stereocenters. The van der Waals surface area contributed by atoms with Crippen LogP contribution in [0.25, 0.3) is 0 Å². The number of benzene rings is 3. The molecule has 1 heterocycles. The second-order valence-corrected chi connectivity index (χ2v) is 7.59. The molecule has 0 fully saturated rings. The second-order valence-electron chi connectivity index (χ2n) is 7.59. The van der Waals surface area contributed by atoms with E-state index in [0.29, 0.717) is 24.2 Å². The smallest absolute Gasteiger partial charge is 0.258 e. The highest BCUT2D eigenvalue weighted by atomic mass is 16.2. The van der Waals surface area contributed by atoms with Crippen LogP contribution in [0.5, 0.6) is 0 Å². The number of carbonyl (C=O) groups is 2. The average Bonchev–Trinajstić information content (AvgIpc) is 3.15. The van der Waals surface area contributed by atoms with Gasteiger partial charge in [0, 0.05) is 29.9 Å². The Kier molecular flexibility index (Phi) is 5.17. The molecule has 0 radical (unpaired) electrons. The lowest BCUT2D eigenvalue weighted by Crippen LogP contribution is -2.28. The van der Waals surface area contributed by atoms with E-state index in [-0.39, 0.29) is 11.8 Å². The fourth-order valence-electron chi connectivity index (χ4n) is 3.70. The van der Waals surface area contributed by atoms with Crippen molar-refractivity contribution in [2.45, 2.75) is 26.8 Å². The van der Waals surface area contributed by atoms with Crippen LogP contribution in [0.4, 0.5) is 5.69 Å². The molecular weight excluding hydrogens is 360 g/mol. The molecule has 0 saturated heterocycles. The molecule has 0 bridgehead atoms. The largest absolute Gasteiger partial charge is 0.348 e. The zero-order valence-electron chi connectivity index (χ0n) is 16.7. The third-order valence-corrected chi connectivity index (χ3v) is 5.32. The molecule has 4 heteroatoms. The second kappa shape index (κ2) is 7.92. The molecule has 2 amide bonds. The fraction of sp³-hybridized carbons (Fsp3) is 0.200. The molecule has 29 heavy (non-hydrogen) atoms. The molecule has 3 aromatic rings. The van der Waals surface area contributed by atoms with Crippen molar-refractivity contribution >= 4 is 17.5 Å². The van der Waals surface area contributed by atoms with Crippen LogP contribution in [0, 0.1) is 13.8 Å². The Labute approximate surface area is 171 Å². The van der Waals surface area contributed by atoms with Crippen molar-refractivity contribution < 1.29 is 9.59 Å². The number of rotatable bonds is 4. The fourth-order valence-corrected chi connectivity index (χ4v) is 3.70. The van der Waals surface area contributed by atoms with Crippen molar-refractivity contribution in [2.75, 3.05) is 11.4 Å². The molecule has 1 N–H and O–H groups in total. The molecule has 4 nitrogen and oxygen atoms in total. The Bertz CT molecular complexity index is 1070. The van der Waals surface area contributed by atoms with Crippen LogP contribution in [0.1, 0.15) is 43.0 Å². The highest BCUT2D eigenvalue weighted by Crippen LogP contribution is 2.30. The van der Waals surface area contributed by atoms with Gasteiger partial charge in [0.15, 0.2) is 0 Å². The normalized spacial score (nSPS) is 12.6. The molecular formula is C25H24N2O2. The number of carbonyl (C=O) groups excluding carboxylic acids is 2. The van der Waals surface area contributed by atoms with E-state index in [4.69, 9.17) is 0 Å². The first-order valence-corrected chi connectivity index (χ1v) is 9.86. The van der Waals surface area contributed by atoms with E-state index < -0.39 is 0 Å². The summed E-state index contributed by atoms with van der Waals surface area (Å²) in [6, 6.07) is 21.3. The van der Waals surface area contributed by atoms with Gasteiger partial charge in [0.05, 0.1) is 0 Å². The van der Waals surface area contributed by atoms with Gasteiger partial charge in [0.1, 0.15) is 0 Å². The van der Waals surface area contributed by atoms with Gasteiger partial charge in [-0.3, -0.25) is 9.59 Å². The van der Waals surface area contributed by atoms with Gasteiger partial charge in [-0.2, -0.15) is 0 Å². The summed E-state index contributed by atoms with van der Waals surface area (Å²) in [4.78, 5) is 27.1. The minimum atomic E-state index is -0.0784. The molecule has 0 aromatic heterocycles. The number of amides is 2. The van der Waals surface area contributed by atoms with Crippen molar-refractivity contribution in [1.82, 2.24) is 5.32 Å². The van der Waals surface area contributed by atoms with Crippen molar-refractivity contribution in [2.24, 2.45) is 0 Å². The summed E-state index contributed by atoms with van der Waals surface area (Å²) in [5.41, 5.74) is 6.72. The molecule has 3 aromatic carbocycles. The lowest BCUT2D eigenvalue weighted by atomic mass is 10.1. The van der Waals surface area contributed by atoms with E-state index in [0.717, 1.165) is 34.4 Å². The standard InChI is InChI=1S/C25H24N2O2/c1-17-6-9-20(10-7-17)25(29)27-13-12-21-15-19(8-11-23(21)27)16-26-24(28)22-5-3-4-18(2)14-22/h3-11,14-15H,12-13,16H2,1-2H3,(H,26,28). The molecule has 1 aliphatic heterocycles. The Morgan fingerprint density at radius 2 is 1.69 bits per heavy atom. The first kappa shape index (κ1) is 18.9. The SMILES string of the molecule is Cc1ccc(C(=O)N2CCc3cc(CNC(=O)c4cccc(C)c4)ccc32)cc1. The predicted molar refractivity (Wildman–Crippen MR) is 115 cm³/mol. The van der Waals surface area contributed by atoms with Crippen molar-refractivity contribution in [3.63, 3.8) is 0 Å². The topological polar surface area (TPSA) is 49.4 Å². The van der Waals surface area contributed by atoms with Gasteiger partial charge in [-0.1, -0.05) is 47.5 Å². The summed E-state index contributed by atoms with van der Waals surface area (Å²) < 4.78 is 0. The molecule has 0 saturated carbocycles. The van der Waals surface area contributed by atoms with Crippen molar-refractivity contribution in [3.05, 3.63) is 100 Å². The summed E-state index contributed by atoms with van der Waals surface area (Å²) in [7, 11) is 0. The zero-order chi connectivity index (χ0) is 20.4. The first-order chi connectivity index (χ1) is 14.0. The minimum absolute atomic E-state index is 0.0317. The van der Waals surface area contributed by atoms with E-state index in [2.05, 4.69) is 11.4 Å². The molecule has 0 unspecified atom stereocenters. The van der Waals surface area contributed by atoms with Crippen LogP contribution < -0.4 is 10.2 Å². The Balaban J connectivity index is 1.45. The number of anilines is 1. The van der Waals surface area contributed by atoms with E-state index in [1.54, 1.807) is 0 Å². The van der Waals surface area contributed by atoms with Crippen LogP contribution in [-0.2, 0) is 13.0 Å². The quantitative estimate of drug-likeness (QED) is 0.723. The molecule has 0 aliphatic carbocycles. The number of hydrogen-bond donors (Lipinski definition) is 1. The number of fused-ring (bicyclic) bond motifs is 1. The Morgan fingerprint density at radius 1 is 0.897 bits per heavy atom.